The summed E-state index contributed by atoms with van der Waals surface area (Å²) >= 11 is 0. The van der Waals surface area contributed by atoms with Crippen LogP contribution in [0.1, 0.15) is 36.8 Å². The molecule has 0 fully saturated rings. The molecule has 0 amide bonds. The maximum absolute atomic E-state index is 4.64. The van der Waals surface area contributed by atoms with E-state index in [2.05, 4.69) is 53.4 Å². The lowest BCUT2D eigenvalue weighted by Crippen LogP contribution is -2.11. The van der Waals surface area contributed by atoms with Crippen molar-refractivity contribution in [2.45, 2.75) is 40.3 Å². The molecular formula is C20H23N7. The molecular weight excluding hydrogens is 338 g/mol. The van der Waals surface area contributed by atoms with E-state index in [9.17, 15) is 0 Å². The lowest BCUT2D eigenvalue weighted by atomic mass is 10.1. The summed E-state index contributed by atoms with van der Waals surface area (Å²) in [5.41, 5.74) is 6.98. The molecule has 4 rings (SSSR count). The zero-order valence-electron chi connectivity index (χ0n) is 16.0. The number of fused-ring (bicyclic) bond motifs is 1. The van der Waals surface area contributed by atoms with Gasteiger partial charge in [-0.05, 0) is 33.8 Å². The van der Waals surface area contributed by atoms with E-state index in [-0.39, 0.29) is 6.04 Å². The van der Waals surface area contributed by atoms with Gasteiger partial charge in [0.25, 0.3) is 0 Å². The van der Waals surface area contributed by atoms with Crippen molar-refractivity contribution in [2.75, 3.05) is 5.32 Å². The molecule has 0 aliphatic heterocycles. The monoisotopic (exact) mass is 361 g/mol. The Morgan fingerprint density at radius 1 is 1.11 bits per heavy atom. The summed E-state index contributed by atoms with van der Waals surface area (Å²) in [7, 11) is 0. The third-order valence-corrected chi connectivity index (χ3v) is 4.88. The van der Waals surface area contributed by atoms with E-state index >= 15 is 0 Å². The van der Waals surface area contributed by atoms with Crippen LogP contribution in [-0.4, -0.2) is 29.6 Å². The van der Waals surface area contributed by atoms with Gasteiger partial charge in [-0.1, -0.05) is 30.3 Å². The average Bonchev–Trinajstić information content (AvgIpc) is 3.26. The van der Waals surface area contributed by atoms with E-state index in [1.807, 2.05) is 41.1 Å². The Bertz CT molecular complexity index is 1080. The zero-order valence-corrected chi connectivity index (χ0v) is 16.0. The first-order valence-corrected chi connectivity index (χ1v) is 9.15. The van der Waals surface area contributed by atoms with Gasteiger partial charge < -0.3 is 5.32 Å². The number of benzene rings is 1. The lowest BCUT2D eigenvalue weighted by molar-refractivity contribution is 0.632. The van der Waals surface area contributed by atoms with E-state index in [0.29, 0.717) is 5.65 Å². The Labute approximate surface area is 158 Å². The molecule has 1 aromatic carbocycles. The number of hydrogen-bond acceptors (Lipinski definition) is 5. The first-order chi connectivity index (χ1) is 13.1. The Morgan fingerprint density at radius 2 is 1.89 bits per heavy atom. The van der Waals surface area contributed by atoms with Gasteiger partial charge in [0.2, 0.25) is 5.65 Å². The normalized spacial score (nSPS) is 12.4. The minimum Gasteiger partial charge on any atom is -0.375 e. The standard InChI is InChI=1S/C20H23N7/c1-5-26-15(4)19(14(3)24-26)13(2)22-18-11-17(16-9-7-6-8-10-16)25-27-12-21-23-20(18)27/h6-13,22H,5H2,1-4H3. The van der Waals surface area contributed by atoms with Gasteiger partial charge in [0.1, 0.15) is 6.33 Å². The third-order valence-electron chi connectivity index (χ3n) is 4.88. The maximum Gasteiger partial charge on any atom is 0.200 e. The summed E-state index contributed by atoms with van der Waals surface area (Å²) in [5.74, 6) is 0. The molecule has 7 nitrogen and oxygen atoms in total. The third kappa shape index (κ3) is 3.05. The second-order valence-electron chi connectivity index (χ2n) is 6.67. The number of aryl methyl sites for hydroxylation is 2. The second-order valence-corrected chi connectivity index (χ2v) is 6.67. The highest BCUT2D eigenvalue weighted by atomic mass is 15.3. The molecule has 0 spiro atoms. The molecule has 3 heterocycles. The molecule has 0 aliphatic carbocycles. The molecule has 1 unspecified atom stereocenters. The number of hydrogen-bond donors (Lipinski definition) is 1. The van der Waals surface area contributed by atoms with Crippen LogP contribution in [0, 0.1) is 13.8 Å². The molecule has 27 heavy (non-hydrogen) atoms. The summed E-state index contributed by atoms with van der Waals surface area (Å²) in [5, 5.41) is 21.1. The van der Waals surface area contributed by atoms with Gasteiger partial charge in [-0.25, -0.2) is 0 Å². The predicted molar refractivity (Wildman–Crippen MR) is 106 cm³/mol. The van der Waals surface area contributed by atoms with Crippen LogP contribution in [0.15, 0.2) is 42.7 Å². The summed E-state index contributed by atoms with van der Waals surface area (Å²) in [6.07, 6.45) is 1.63. The van der Waals surface area contributed by atoms with Crippen molar-refractivity contribution in [1.82, 2.24) is 29.6 Å². The van der Waals surface area contributed by atoms with E-state index in [1.54, 1.807) is 10.8 Å². The van der Waals surface area contributed by atoms with Crippen LogP contribution in [0.5, 0.6) is 0 Å². The fourth-order valence-corrected chi connectivity index (χ4v) is 3.63. The number of nitrogens with one attached hydrogen (secondary N) is 1. The molecule has 4 aromatic rings. The molecule has 0 saturated carbocycles. The van der Waals surface area contributed by atoms with Crippen LogP contribution >= 0.6 is 0 Å². The highest BCUT2D eigenvalue weighted by molar-refractivity contribution is 5.73. The van der Waals surface area contributed by atoms with E-state index < -0.39 is 0 Å². The average molecular weight is 361 g/mol. The topological polar surface area (TPSA) is 72.9 Å². The minimum atomic E-state index is 0.0804. The second kappa shape index (κ2) is 6.83. The Hall–Kier alpha value is -3.22. The molecule has 1 atom stereocenters. The number of rotatable bonds is 5. The van der Waals surface area contributed by atoms with Crippen LogP contribution in [0.3, 0.4) is 0 Å². The van der Waals surface area contributed by atoms with Crippen LogP contribution in [0.2, 0.25) is 0 Å². The molecule has 7 heteroatoms. The maximum atomic E-state index is 4.64. The summed E-state index contributed by atoms with van der Waals surface area (Å²) < 4.78 is 3.75. The summed E-state index contributed by atoms with van der Waals surface area (Å²) in [4.78, 5) is 0. The van der Waals surface area contributed by atoms with Gasteiger partial charge in [-0.3, -0.25) is 4.68 Å². The van der Waals surface area contributed by atoms with E-state index in [0.717, 1.165) is 29.2 Å². The van der Waals surface area contributed by atoms with Gasteiger partial charge in [-0.2, -0.15) is 14.7 Å². The van der Waals surface area contributed by atoms with Crippen molar-refractivity contribution >= 4 is 11.3 Å². The molecule has 138 valence electrons. The molecule has 0 saturated heterocycles. The molecule has 0 radical (unpaired) electrons. The predicted octanol–water partition coefficient (Wildman–Crippen LogP) is 3.80. The van der Waals surface area contributed by atoms with Crippen LogP contribution < -0.4 is 5.32 Å². The van der Waals surface area contributed by atoms with Crippen molar-refractivity contribution in [2.24, 2.45) is 0 Å². The molecule has 0 bridgehead atoms. The minimum absolute atomic E-state index is 0.0804. The Balaban J connectivity index is 1.75. The molecule has 1 N–H and O–H groups in total. The first kappa shape index (κ1) is 17.2. The van der Waals surface area contributed by atoms with Crippen molar-refractivity contribution in [3.8, 4) is 11.3 Å². The Morgan fingerprint density at radius 3 is 2.59 bits per heavy atom. The smallest absolute Gasteiger partial charge is 0.200 e. The van der Waals surface area contributed by atoms with Crippen LogP contribution in [0.4, 0.5) is 5.69 Å². The van der Waals surface area contributed by atoms with Gasteiger partial charge >= 0.3 is 0 Å². The number of anilines is 1. The fourth-order valence-electron chi connectivity index (χ4n) is 3.63. The first-order valence-electron chi connectivity index (χ1n) is 9.15. The van der Waals surface area contributed by atoms with Crippen LogP contribution in [-0.2, 0) is 6.54 Å². The molecule has 0 aliphatic rings. The number of aromatic nitrogens is 6. The van der Waals surface area contributed by atoms with Crippen LogP contribution in [0.25, 0.3) is 16.9 Å². The highest BCUT2D eigenvalue weighted by Crippen LogP contribution is 2.29. The quantitative estimate of drug-likeness (QED) is 0.585. The Kier molecular flexibility index (Phi) is 4.35. The van der Waals surface area contributed by atoms with Gasteiger partial charge in [-0.15, -0.1) is 10.2 Å². The number of nitrogens with zero attached hydrogens (tertiary/aromatic N) is 6. The summed E-state index contributed by atoms with van der Waals surface area (Å²) in [6.45, 7) is 9.29. The van der Waals surface area contributed by atoms with Crippen molar-refractivity contribution in [3.05, 3.63) is 59.7 Å². The van der Waals surface area contributed by atoms with Crippen molar-refractivity contribution in [1.29, 1.82) is 0 Å². The van der Waals surface area contributed by atoms with Gasteiger partial charge in [0, 0.05) is 23.4 Å². The lowest BCUT2D eigenvalue weighted by Gasteiger charge is -2.17. The van der Waals surface area contributed by atoms with Crippen molar-refractivity contribution < 1.29 is 0 Å². The zero-order chi connectivity index (χ0) is 19.0. The van der Waals surface area contributed by atoms with E-state index in [1.165, 1.54) is 11.3 Å². The molecule has 3 aromatic heterocycles. The summed E-state index contributed by atoms with van der Waals surface area (Å²) in [6, 6.07) is 12.2. The van der Waals surface area contributed by atoms with Gasteiger partial charge in [0.15, 0.2) is 0 Å². The SMILES string of the molecule is CCn1nc(C)c(C(C)Nc2cc(-c3ccccc3)nn3cnnc23)c1C. The van der Waals surface area contributed by atoms with Crippen molar-refractivity contribution in [3.63, 3.8) is 0 Å². The largest absolute Gasteiger partial charge is 0.375 e. The van der Waals surface area contributed by atoms with Gasteiger partial charge in [0.05, 0.1) is 23.1 Å². The highest BCUT2D eigenvalue weighted by Gasteiger charge is 2.19. The fraction of sp³-hybridized carbons (Fsp3) is 0.300. The van der Waals surface area contributed by atoms with E-state index in [4.69, 9.17) is 0 Å².